The third-order valence-electron chi connectivity index (χ3n) is 4.60. The number of amides is 2. The number of carbonyl (C=O) groups is 2. The van der Waals surface area contributed by atoms with E-state index < -0.39 is 6.04 Å². The first kappa shape index (κ1) is 19.2. The van der Waals surface area contributed by atoms with Gasteiger partial charge in [0, 0.05) is 32.6 Å². The standard InChI is InChI=1S/C18H24N6O2S/c1-12-4-2-3-5-13(12)11-24-9-8-21-17(26)14(24)10-15(25)20-7-6-16-22-23-18(19)27-16/h2-5,14H,6-11H2,1H3,(H2,19,23)(H,20,25)(H,21,26)/t14-/m0/s1. The number of nitrogen functional groups attached to an aromatic ring is 1. The maximum atomic E-state index is 12.4. The second kappa shape index (κ2) is 8.92. The molecule has 144 valence electrons. The molecule has 0 radical (unpaired) electrons. The number of carbonyl (C=O) groups excluding carboxylic acids is 2. The summed E-state index contributed by atoms with van der Waals surface area (Å²) in [5, 5.41) is 14.6. The van der Waals surface area contributed by atoms with Crippen LogP contribution < -0.4 is 16.4 Å². The first-order valence-electron chi connectivity index (χ1n) is 8.94. The minimum atomic E-state index is -0.462. The highest BCUT2D eigenvalue weighted by Crippen LogP contribution is 2.16. The van der Waals surface area contributed by atoms with Crippen molar-refractivity contribution in [3.63, 3.8) is 0 Å². The van der Waals surface area contributed by atoms with E-state index >= 15 is 0 Å². The van der Waals surface area contributed by atoms with Crippen LogP contribution in [0.3, 0.4) is 0 Å². The van der Waals surface area contributed by atoms with Gasteiger partial charge in [-0.05, 0) is 18.1 Å². The molecule has 1 aliphatic heterocycles. The van der Waals surface area contributed by atoms with E-state index in [4.69, 9.17) is 5.73 Å². The molecule has 1 aliphatic rings. The van der Waals surface area contributed by atoms with Crippen LogP contribution in [-0.2, 0) is 22.6 Å². The zero-order valence-electron chi connectivity index (χ0n) is 15.3. The van der Waals surface area contributed by atoms with Crippen LogP contribution in [0.5, 0.6) is 0 Å². The largest absolute Gasteiger partial charge is 0.374 e. The third kappa shape index (κ3) is 5.24. The van der Waals surface area contributed by atoms with E-state index in [9.17, 15) is 9.59 Å². The van der Waals surface area contributed by atoms with Crippen LogP contribution in [0, 0.1) is 6.92 Å². The predicted molar refractivity (Wildman–Crippen MR) is 104 cm³/mol. The van der Waals surface area contributed by atoms with Gasteiger partial charge in [-0.15, -0.1) is 10.2 Å². The lowest BCUT2D eigenvalue weighted by atomic mass is 10.0. The Kier molecular flexibility index (Phi) is 6.36. The summed E-state index contributed by atoms with van der Waals surface area (Å²) in [5.74, 6) is -0.244. The number of hydrogen-bond donors (Lipinski definition) is 3. The van der Waals surface area contributed by atoms with Gasteiger partial charge in [0.2, 0.25) is 16.9 Å². The zero-order valence-corrected chi connectivity index (χ0v) is 16.1. The fraction of sp³-hybridized carbons (Fsp3) is 0.444. The van der Waals surface area contributed by atoms with Gasteiger partial charge in [0.25, 0.3) is 0 Å². The van der Waals surface area contributed by atoms with Crippen molar-refractivity contribution in [1.82, 2.24) is 25.7 Å². The number of rotatable bonds is 7. The van der Waals surface area contributed by atoms with Gasteiger partial charge in [0.05, 0.1) is 12.5 Å². The average molecular weight is 388 g/mol. The van der Waals surface area contributed by atoms with Crippen LogP contribution >= 0.6 is 11.3 Å². The third-order valence-corrected chi connectivity index (χ3v) is 5.41. The molecule has 9 heteroatoms. The van der Waals surface area contributed by atoms with Crippen LogP contribution in [0.2, 0.25) is 0 Å². The molecule has 2 aromatic rings. The number of anilines is 1. The lowest BCUT2D eigenvalue weighted by Gasteiger charge is -2.35. The van der Waals surface area contributed by atoms with Crippen LogP contribution in [0.25, 0.3) is 0 Å². The van der Waals surface area contributed by atoms with Gasteiger partial charge >= 0.3 is 0 Å². The summed E-state index contributed by atoms with van der Waals surface area (Å²) in [6.07, 6.45) is 0.709. The molecule has 1 saturated heterocycles. The highest BCUT2D eigenvalue weighted by Gasteiger charge is 2.31. The SMILES string of the molecule is Cc1ccccc1CN1CCNC(=O)[C@@H]1CC(=O)NCCc1nnc(N)s1. The Morgan fingerprint density at radius 2 is 2.22 bits per heavy atom. The number of nitrogens with two attached hydrogens (primary N) is 1. The van der Waals surface area contributed by atoms with E-state index in [-0.39, 0.29) is 18.2 Å². The normalized spacial score (nSPS) is 17.5. The minimum Gasteiger partial charge on any atom is -0.374 e. The monoisotopic (exact) mass is 388 g/mol. The van der Waals surface area contributed by atoms with Crippen LogP contribution in [-0.4, -0.2) is 52.6 Å². The van der Waals surface area contributed by atoms with Crippen molar-refractivity contribution < 1.29 is 9.59 Å². The summed E-state index contributed by atoms with van der Waals surface area (Å²) < 4.78 is 0. The molecule has 0 unspecified atom stereocenters. The number of aromatic nitrogens is 2. The molecule has 1 atom stereocenters. The number of piperazine rings is 1. The Morgan fingerprint density at radius 3 is 2.96 bits per heavy atom. The van der Waals surface area contributed by atoms with Crippen molar-refractivity contribution in [1.29, 1.82) is 0 Å². The molecular formula is C18H24N6O2S. The minimum absolute atomic E-state index is 0.0955. The Hall–Kier alpha value is -2.52. The van der Waals surface area contributed by atoms with E-state index in [1.165, 1.54) is 22.5 Å². The molecule has 2 amide bonds. The van der Waals surface area contributed by atoms with Gasteiger partial charge in [-0.25, -0.2) is 0 Å². The lowest BCUT2D eigenvalue weighted by molar-refractivity contribution is -0.134. The van der Waals surface area contributed by atoms with Crippen LogP contribution in [0.1, 0.15) is 22.6 Å². The molecule has 0 saturated carbocycles. The molecule has 1 aromatic carbocycles. The molecule has 3 rings (SSSR count). The van der Waals surface area contributed by atoms with E-state index in [0.717, 1.165) is 11.6 Å². The van der Waals surface area contributed by atoms with Crippen molar-refractivity contribution in [2.45, 2.75) is 32.4 Å². The Labute approximate surface area is 162 Å². The number of benzene rings is 1. The smallest absolute Gasteiger partial charge is 0.237 e. The summed E-state index contributed by atoms with van der Waals surface area (Å²) >= 11 is 1.31. The molecule has 2 heterocycles. The molecule has 1 aromatic heterocycles. The number of aryl methyl sites for hydroxylation is 1. The maximum Gasteiger partial charge on any atom is 0.237 e. The second-order valence-corrected chi connectivity index (χ2v) is 7.64. The first-order chi connectivity index (χ1) is 13.0. The Morgan fingerprint density at radius 1 is 1.41 bits per heavy atom. The number of nitrogens with zero attached hydrogens (tertiary/aromatic N) is 3. The van der Waals surface area contributed by atoms with Gasteiger partial charge in [-0.2, -0.15) is 0 Å². The summed E-state index contributed by atoms with van der Waals surface area (Å²) in [6, 6.07) is 7.65. The van der Waals surface area contributed by atoms with Crippen LogP contribution in [0.4, 0.5) is 5.13 Å². The van der Waals surface area contributed by atoms with E-state index in [1.54, 1.807) is 0 Å². The topological polar surface area (TPSA) is 113 Å². The van der Waals surface area contributed by atoms with Crippen LogP contribution in [0.15, 0.2) is 24.3 Å². The highest BCUT2D eigenvalue weighted by atomic mass is 32.1. The number of nitrogens with one attached hydrogen (secondary N) is 2. The Balaban J connectivity index is 1.55. The molecule has 8 nitrogen and oxygen atoms in total. The summed E-state index contributed by atoms with van der Waals surface area (Å²) in [4.78, 5) is 26.8. The second-order valence-electron chi connectivity index (χ2n) is 6.54. The van der Waals surface area contributed by atoms with Crippen molar-refractivity contribution >= 4 is 28.3 Å². The zero-order chi connectivity index (χ0) is 19.2. The molecule has 0 bridgehead atoms. The summed E-state index contributed by atoms with van der Waals surface area (Å²) in [7, 11) is 0. The fourth-order valence-electron chi connectivity index (χ4n) is 3.10. The van der Waals surface area contributed by atoms with Gasteiger partial charge in [-0.3, -0.25) is 14.5 Å². The van der Waals surface area contributed by atoms with E-state index in [0.29, 0.717) is 31.2 Å². The van der Waals surface area contributed by atoms with E-state index in [2.05, 4.69) is 44.8 Å². The molecular weight excluding hydrogens is 364 g/mol. The summed E-state index contributed by atoms with van der Waals surface area (Å²) in [5.41, 5.74) is 7.90. The van der Waals surface area contributed by atoms with Crippen molar-refractivity contribution in [2.24, 2.45) is 0 Å². The summed E-state index contributed by atoms with van der Waals surface area (Å²) in [6.45, 7) is 4.48. The lowest BCUT2D eigenvalue weighted by Crippen LogP contribution is -2.56. The van der Waals surface area contributed by atoms with Gasteiger partial charge in [0.1, 0.15) is 5.01 Å². The van der Waals surface area contributed by atoms with Crippen molar-refractivity contribution in [2.75, 3.05) is 25.4 Å². The molecule has 27 heavy (non-hydrogen) atoms. The van der Waals surface area contributed by atoms with Gasteiger partial charge in [0.15, 0.2) is 0 Å². The quantitative estimate of drug-likeness (QED) is 0.636. The predicted octanol–water partition coefficient (Wildman–Crippen LogP) is 0.478. The molecule has 0 aliphatic carbocycles. The van der Waals surface area contributed by atoms with Crippen molar-refractivity contribution in [3.8, 4) is 0 Å². The average Bonchev–Trinajstić information content (AvgIpc) is 3.05. The molecule has 0 spiro atoms. The molecule has 1 fully saturated rings. The van der Waals surface area contributed by atoms with E-state index in [1.807, 2.05) is 12.1 Å². The van der Waals surface area contributed by atoms with Gasteiger partial charge < -0.3 is 16.4 Å². The fourth-order valence-corrected chi connectivity index (χ4v) is 3.71. The number of hydrogen-bond acceptors (Lipinski definition) is 7. The first-order valence-corrected chi connectivity index (χ1v) is 9.75. The molecule has 4 N–H and O–H groups in total. The highest BCUT2D eigenvalue weighted by molar-refractivity contribution is 7.15. The van der Waals surface area contributed by atoms with Crippen molar-refractivity contribution in [3.05, 3.63) is 40.4 Å². The van der Waals surface area contributed by atoms with Gasteiger partial charge in [-0.1, -0.05) is 35.6 Å². The maximum absolute atomic E-state index is 12.4. The Bertz CT molecular complexity index is 809.